The zero-order valence-electron chi connectivity index (χ0n) is 11.0. The number of nitrogens with zero attached hydrogens (tertiary/aromatic N) is 2. The zero-order chi connectivity index (χ0) is 14.9. The van der Waals surface area contributed by atoms with Gasteiger partial charge in [-0.1, -0.05) is 43.1 Å². The molecule has 0 aliphatic carbocycles. The van der Waals surface area contributed by atoms with Gasteiger partial charge in [-0.15, -0.1) is 0 Å². The minimum Gasteiger partial charge on any atom is -0.292 e. The highest BCUT2D eigenvalue weighted by Gasteiger charge is 2.12. The van der Waals surface area contributed by atoms with Gasteiger partial charge in [0.2, 0.25) is 0 Å². The molecule has 0 atom stereocenters. The van der Waals surface area contributed by atoms with E-state index in [1.165, 1.54) is 22.8 Å². The first-order valence-corrected chi connectivity index (χ1v) is 6.85. The summed E-state index contributed by atoms with van der Waals surface area (Å²) in [5, 5.41) is 0.219. The molecule has 106 valence electrons. The highest BCUT2D eigenvalue weighted by Crippen LogP contribution is 2.18. The molecule has 6 heteroatoms. The molecule has 0 fully saturated rings. The van der Waals surface area contributed by atoms with E-state index in [2.05, 4.69) is 4.98 Å². The average Bonchev–Trinajstić information content (AvgIpc) is 2.36. The summed E-state index contributed by atoms with van der Waals surface area (Å²) in [7, 11) is 0. The van der Waals surface area contributed by atoms with E-state index >= 15 is 0 Å². The van der Waals surface area contributed by atoms with Gasteiger partial charge >= 0.3 is 0 Å². The quantitative estimate of drug-likeness (QED) is 0.806. The largest absolute Gasteiger partial charge is 0.292 e. The van der Waals surface area contributed by atoms with Crippen molar-refractivity contribution in [2.75, 3.05) is 0 Å². The Morgan fingerprint density at radius 1 is 1.30 bits per heavy atom. The third-order valence-corrected chi connectivity index (χ3v) is 3.35. The summed E-state index contributed by atoms with van der Waals surface area (Å²) in [6.45, 7) is 4.05. The Morgan fingerprint density at radius 2 is 2.00 bits per heavy atom. The van der Waals surface area contributed by atoms with Crippen LogP contribution in [0.2, 0.25) is 10.2 Å². The zero-order valence-corrected chi connectivity index (χ0v) is 12.5. The third kappa shape index (κ3) is 3.19. The van der Waals surface area contributed by atoms with Gasteiger partial charge in [-0.25, -0.2) is 9.37 Å². The Bertz CT molecular complexity index is 698. The Balaban J connectivity index is 2.47. The molecule has 1 aromatic heterocycles. The Labute approximate surface area is 126 Å². The molecule has 2 rings (SSSR count). The van der Waals surface area contributed by atoms with Gasteiger partial charge < -0.3 is 0 Å². The summed E-state index contributed by atoms with van der Waals surface area (Å²) in [6, 6.07) is 5.71. The van der Waals surface area contributed by atoms with E-state index in [-0.39, 0.29) is 28.2 Å². The standard InChI is InChI=1S/C14H13Cl2FN2O/c1-8(2)14-18-12(16)6-13(20)19(14)7-9-3-4-10(15)11(17)5-9/h3-6,8H,7H2,1-2H3. The molecule has 0 amide bonds. The van der Waals surface area contributed by atoms with E-state index in [0.29, 0.717) is 11.4 Å². The Hall–Kier alpha value is -1.39. The van der Waals surface area contributed by atoms with Crippen molar-refractivity contribution in [1.82, 2.24) is 9.55 Å². The van der Waals surface area contributed by atoms with E-state index in [4.69, 9.17) is 23.2 Å². The second kappa shape index (κ2) is 5.94. The first-order valence-electron chi connectivity index (χ1n) is 6.09. The van der Waals surface area contributed by atoms with Crippen molar-refractivity contribution in [2.45, 2.75) is 26.3 Å². The second-order valence-electron chi connectivity index (χ2n) is 4.76. The molecule has 0 saturated carbocycles. The van der Waals surface area contributed by atoms with Gasteiger partial charge in [0, 0.05) is 12.0 Å². The van der Waals surface area contributed by atoms with Crippen LogP contribution in [0.25, 0.3) is 0 Å². The lowest BCUT2D eigenvalue weighted by Crippen LogP contribution is -2.25. The van der Waals surface area contributed by atoms with Crippen molar-refractivity contribution < 1.29 is 4.39 Å². The Kier molecular flexibility index (Phi) is 4.45. The van der Waals surface area contributed by atoms with E-state index in [1.807, 2.05) is 13.8 Å². The van der Waals surface area contributed by atoms with E-state index in [0.717, 1.165) is 0 Å². The van der Waals surface area contributed by atoms with Gasteiger partial charge in [-0.2, -0.15) is 0 Å². The third-order valence-electron chi connectivity index (χ3n) is 2.85. The molecule has 3 nitrogen and oxygen atoms in total. The number of benzene rings is 1. The van der Waals surface area contributed by atoms with Crippen LogP contribution in [0.15, 0.2) is 29.1 Å². The summed E-state index contributed by atoms with van der Waals surface area (Å²) < 4.78 is 14.9. The number of rotatable bonds is 3. The predicted octanol–water partition coefficient (Wildman–Crippen LogP) is 3.86. The van der Waals surface area contributed by atoms with Crippen molar-refractivity contribution in [1.29, 1.82) is 0 Å². The summed E-state index contributed by atoms with van der Waals surface area (Å²) in [4.78, 5) is 16.2. The lowest BCUT2D eigenvalue weighted by atomic mass is 10.1. The van der Waals surface area contributed by atoms with E-state index < -0.39 is 5.82 Å². The molecule has 0 aliphatic heterocycles. The molecule has 0 unspecified atom stereocenters. The van der Waals surface area contributed by atoms with Crippen LogP contribution >= 0.6 is 23.2 Å². The van der Waals surface area contributed by atoms with Crippen molar-refractivity contribution in [3.05, 3.63) is 62.0 Å². The molecule has 2 aromatic rings. The summed E-state index contributed by atoms with van der Waals surface area (Å²) in [6.07, 6.45) is 0. The average molecular weight is 315 g/mol. The number of hydrogen-bond donors (Lipinski definition) is 0. The maximum absolute atomic E-state index is 13.4. The van der Waals surface area contributed by atoms with Crippen LogP contribution in [-0.4, -0.2) is 9.55 Å². The van der Waals surface area contributed by atoms with Crippen LogP contribution in [0.4, 0.5) is 4.39 Å². The molecular weight excluding hydrogens is 302 g/mol. The van der Waals surface area contributed by atoms with Gasteiger partial charge in [0.25, 0.3) is 5.56 Å². The minimum atomic E-state index is -0.509. The molecule has 1 heterocycles. The topological polar surface area (TPSA) is 34.9 Å². The number of halogens is 3. The molecule has 0 saturated heterocycles. The first kappa shape index (κ1) is 15.0. The van der Waals surface area contributed by atoms with Gasteiger partial charge in [0.05, 0.1) is 11.6 Å². The molecule has 20 heavy (non-hydrogen) atoms. The first-order chi connectivity index (χ1) is 9.38. The van der Waals surface area contributed by atoms with Gasteiger partial charge in [0.15, 0.2) is 0 Å². The van der Waals surface area contributed by atoms with Crippen LogP contribution in [0.3, 0.4) is 0 Å². The summed E-state index contributed by atoms with van der Waals surface area (Å²) >= 11 is 11.5. The molecule has 1 aromatic carbocycles. The molecule has 0 spiro atoms. The smallest absolute Gasteiger partial charge is 0.255 e. The maximum atomic E-state index is 13.4. The van der Waals surface area contributed by atoms with Gasteiger partial charge in [-0.05, 0) is 17.7 Å². The van der Waals surface area contributed by atoms with Crippen molar-refractivity contribution >= 4 is 23.2 Å². The maximum Gasteiger partial charge on any atom is 0.255 e. The second-order valence-corrected chi connectivity index (χ2v) is 5.56. The van der Waals surface area contributed by atoms with E-state index in [1.54, 1.807) is 6.07 Å². The fraction of sp³-hybridized carbons (Fsp3) is 0.286. The fourth-order valence-electron chi connectivity index (χ4n) is 1.92. The normalized spacial score (nSPS) is 11.1. The van der Waals surface area contributed by atoms with Crippen LogP contribution < -0.4 is 5.56 Å². The van der Waals surface area contributed by atoms with Gasteiger partial charge in [-0.3, -0.25) is 9.36 Å². The van der Waals surface area contributed by atoms with Crippen molar-refractivity contribution in [3.63, 3.8) is 0 Å². The van der Waals surface area contributed by atoms with Crippen LogP contribution in [-0.2, 0) is 6.54 Å². The lowest BCUT2D eigenvalue weighted by molar-refractivity contribution is 0.608. The summed E-state index contributed by atoms with van der Waals surface area (Å²) in [5.41, 5.74) is 0.379. The minimum absolute atomic E-state index is 0.0264. The molecule has 0 aliphatic rings. The predicted molar refractivity (Wildman–Crippen MR) is 78.1 cm³/mol. The van der Waals surface area contributed by atoms with E-state index in [9.17, 15) is 9.18 Å². The molecular formula is C14H13Cl2FN2O. The van der Waals surface area contributed by atoms with Gasteiger partial charge in [0.1, 0.15) is 16.8 Å². The number of aromatic nitrogens is 2. The molecule has 0 N–H and O–H groups in total. The molecule has 0 bridgehead atoms. The van der Waals surface area contributed by atoms with Crippen LogP contribution in [0, 0.1) is 5.82 Å². The highest BCUT2D eigenvalue weighted by atomic mass is 35.5. The lowest BCUT2D eigenvalue weighted by Gasteiger charge is -2.14. The van der Waals surface area contributed by atoms with Crippen LogP contribution in [0.1, 0.15) is 31.2 Å². The fourth-order valence-corrected chi connectivity index (χ4v) is 2.21. The van der Waals surface area contributed by atoms with Crippen LogP contribution in [0.5, 0.6) is 0 Å². The monoisotopic (exact) mass is 314 g/mol. The summed E-state index contributed by atoms with van der Waals surface area (Å²) in [5.74, 6) is 0.0849. The Morgan fingerprint density at radius 3 is 2.60 bits per heavy atom. The van der Waals surface area contributed by atoms with Crippen molar-refractivity contribution in [2.24, 2.45) is 0 Å². The molecule has 0 radical (unpaired) electrons. The number of hydrogen-bond acceptors (Lipinski definition) is 2. The SMILES string of the molecule is CC(C)c1nc(Cl)cc(=O)n1Cc1ccc(Cl)c(F)c1. The van der Waals surface area contributed by atoms with Crippen molar-refractivity contribution in [3.8, 4) is 0 Å². The highest BCUT2D eigenvalue weighted by molar-refractivity contribution is 6.30.